The number of hydrogen-bond donors (Lipinski definition) is 3. The molecule has 0 heterocycles. The molecule has 0 aliphatic rings. The molecular formula is C9H14ClNO2. The zero-order valence-electron chi connectivity index (χ0n) is 7.13. The van der Waals surface area contributed by atoms with Crippen LogP contribution >= 0.6 is 12.4 Å². The first-order valence-corrected chi connectivity index (χ1v) is 3.85. The van der Waals surface area contributed by atoms with Gasteiger partial charge >= 0.3 is 0 Å². The first-order chi connectivity index (χ1) is 5.75. The normalized spacial score (nSPS) is 14.4. The molecule has 4 heteroatoms. The second-order valence-electron chi connectivity index (χ2n) is 2.69. The predicted octanol–water partition coefficient (Wildman–Crippen LogP) is 0.461. The summed E-state index contributed by atoms with van der Waals surface area (Å²) in [5, 5.41) is 17.8. The van der Waals surface area contributed by atoms with Crippen molar-refractivity contribution in [2.45, 2.75) is 12.1 Å². The van der Waals surface area contributed by atoms with E-state index in [1.165, 1.54) is 0 Å². The Morgan fingerprint density at radius 3 is 2.23 bits per heavy atom. The van der Waals surface area contributed by atoms with E-state index in [9.17, 15) is 5.11 Å². The number of aliphatic hydroxyl groups excluding tert-OH is 2. The molecule has 1 aromatic rings. The lowest BCUT2D eigenvalue weighted by Gasteiger charge is -2.16. The Hall–Kier alpha value is -0.610. The standard InChI is InChI=1S/C9H13NO2.ClH/c10-9(8(12)6-11)7-4-2-1-3-5-7;/h1-5,8-9,11-12H,6,10H2;1H/t8-,9-;/m1./s1. The van der Waals surface area contributed by atoms with Gasteiger partial charge in [0.1, 0.15) is 0 Å². The van der Waals surface area contributed by atoms with E-state index in [4.69, 9.17) is 10.8 Å². The van der Waals surface area contributed by atoms with Gasteiger partial charge in [-0.3, -0.25) is 0 Å². The maximum Gasteiger partial charge on any atom is 0.0962 e. The van der Waals surface area contributed by atoms with Gasteiger partial charge in [0.05, 0.1) is 18.8 Å². The summed E-state index contributed by atoms with van der Waals surface area (Å²) >= 11 is 0. The van der Waals surface area contributed by atoms with Gasteiger partial charge in [0, 0.05) is 0 Å². The monoisotopic (exact) mass is 203 g/mol. The molecule has 13 heavy (non-hydrogen) atoms. The molecular weight excluding hydrogens is 190 g/mol. The van der Waals surface area contributed by atoms with Crippen molar-refractivity contribution in [3.63, 3.8) is 0 Å². The van der Waals surface area contributed by atoms with Crippen molar-refractivity contribution in [3.8, 4) is 0 Å². The average Bonchev–Trinajstić information content (AvgIpc) is 2.17. The molecule has 0 spiro atoms. The van der Waals surface area contributed by atoms with Gasteiger partial charge in [0.15, 0.2) is 0 Å². The van der Waals surface area contributed by atoms with Crippen LogP contribution in [0.4, 0.5) is 0 Å². The quantitative estimate of drug-likeness (QED) is 0.669. The predicted molar refractivity (Wildman–Crippen MR) is 53.7 cm³/mol. The average molecular weight is 204 g/mol. The van der Waals surface area contributed by atoms with Crippen LogP contribution in [-0.4, -0.2) is 22.9 Å². The minimum absolute atomic E-state index is 0. The Morgan fingerprint density at radius 1 is 1.23 bits per heavy atom. The number of halogens is 1. The molecule has 0 fully saturated rings. The molecule has 1 aromatic carbocycles. The molecule has 0 unspecified atom stereocenters. The highest BCUT2D eigenvalue weighted by Gasteiger charge is 2.14. The van der Waals surface area contributed by atoms with Gasteiger partial charge in [-0.2, -0.15) is 0 Å². The van der Waals surface area contributed by atoms with Crippen molar-refractivity contribution < 1.29 is 10.2 Å². The Bertz CT molecular complexity index is 230. The topological polar surface area (TPSA) is 66.5 Å². The Balaban J connectivity index is 0.00000144. The molecule has 2 atom stereocenters. The number of benzene rings is 1. The van der Waals surface area contributed by atoms with E-state index in [1.807, 2.05) is 30.3 Å². The van der Waals surface area contributed by atoms with Crippen molar-refractivity contribution in [1.82, 2.24) is 0 Å². The number of aliphatic hydroxyl groups is 2. The van der Waals surface area contributed by atoms with Crippen LogP contribution in [0.3, 0.4) is 0 Å². The lowest BCUT2D eigenvalue weighted by molar-refractivity contribution is 0.0741. The second kappa shape index (κ2) is 5.94. The summed E-state index contributed by atoms with van der Waals surface area (Å²) in [5.41, 5.74) is 6.47. The summed E-state index contributed by atoms with van der Waals surface area (Å²) in [6.07, 6.45) is -0.882. The lowest BCUT2D eigenvalue weighted by atomic mass is 10.0. The number of rotatable bonds is 3. The smallest absolute Gasteiger partial charge is 0.0962 e. The van der Waals surface area contributed by atoms with Gasteiger partial charge in [0.2, 0.25) is 0 Å². The molecule has 3 nitrogen and oxygen atoms in total. The van der Waals surface area contributed by atoms with Gasteiger partial charge in [-0.25, -0.2) is 0 Å². The first kappa shape index (κ1) is 12.4. The first-order valence-electron chi connectivity index (χ1n) is 3.85. The van der Waals surface area contributed by atoms with E-state index < -0.39 is 12.1 Å². The third-order valence-electron chi connectivity index (χ3n) is 1.79. The fraction of sp³-hybridized carbons (Fsp3) is 0.333. The fourth-order valence-electron chi connectivity index (χ4n) is 1.01. The highest BCUT2D eigenvalue weighted by Crippen LogP contribution is 2.12. The third-order valence-corrected chi connectivity index (χ3v) is 1.79. The molecule has 0 amide bonds. The van der Waals surface area contributed by atoms with E-state index in [-0.39, 0.29) is 19.0 Å². The Morgan fingerprint density at radius 2 is 1.77 bits per heavy atom. The second-order valence-corrected chi connectivity index (χ2v) is 2.69. The van der Waals surface area contributed by atoms with Crippen LogP contribution in [0.25, 0.3) is 0 Å². The highest BCUT2D eigenvalue weighted by atomic mass is 35.5. The van der Waals surface area contributed by atoms with Crippen molar-refractivity contribution in [3.05, 3.63) is 35.9 Å². The van der Waals surface area contributed by atoms with Crippen LogP contribution in [0, 0.1) is 0 Å². The molecule has 4 N–H and O–H groups in total. The van der Waals surface area contributed by atoms with Gasteiger partial charge in [-0.15, -0.1) is 12.4 Å². The molecule has 0 radical (unpaired) electrons. The summed E-state index contributed by atoms with van der Waals surface area (Å²) < 4.78 is 0. The van der Waals surface area contributed by atoms with E-state index in [0.29, 0.717) is 0 Å². The van der Waals surface area contributed by atoms with Gasteiger partial charge in [-0.05, 0) is 5.56 Å². The van der Waals surface area contributed by atoms with E-state index in [0.717, 1.165) is 5.56 Å². The summed E-state index contributed by atoms with van der Waals surface area (Å²) in [6.45, 7) is -0.309. The van der Waals surface area contributed by atoms with Crippen LogP contribution < -0.4 is 5.73 Å². The molecule has 0 bridgehead atoms. The van der Waals surface area contributed by atoms with E-state index >= 15 is 0 Å². The van der Waals surface area contributed by atoms with Crippen LogP contribution in [0.2, 0.25) is 0 Å². The number of hydrogen-bond acceptors (Lipinski definition) is 3. The molecule has 0 saturated carbocycles. The Kier molecular flexibility index (Phi) is 5.66. The third kappa shape index (κ3) is 3.32. The lowest BCUT2D eigenvalue weighted by Crippen LogP contribution is -2.28. The van der Waals surface area contributed by atoms with Gasteiger partial charge in [0.25, 0.3) is 0 Å². The maximum absolute atomic E-state index is 9.20. The summed E-state index contributed by atoms with van der Waals surface area (Å²) in [5.74, 6) is 0. The molecule has 0 aliphatic carbocycles. The van der Waals surface area contributed by atoms with Crippen LogP contribution in [-0.2, 0) is 0 Å². The highest BCUT2D eigenvalue weighted by molar-refractivity contribution is 5.85. The van der Waals surface area contributed by atoms with E-state index in [1.54, 1.807) is 0 Å². The Labute approximate surface area is 83.6 Å². The molecule has 1 rings (SSSR count). The zero-order chi connectivity index (χ0) is 8.97. The molecule has 0 aromatic heterocycles. The van der Waals surface area contributed by atoms with Gasteiger partial charge in [-0.1, -0.05) is 30.3 Å². The molecule has 0 aliphatic heterocycles. The molecule has 74 valence electrons. The zero-order valence-corrected chi connectivity index (χ0v) is 7.95. The maximum atomic E-state index is 9.20. The summed E-state index contributed by atoms with van der Waals surface area (Å²) in [7, 11) is 0. The van der Waals surface area contributed by atoms with Crippen molar-refractivity contribution >= 4 is 12.4 Å². The minimum atomic E-state index is -0.882. The van der Waals surface area contributed by atoms with Crippen LogP contribution in [0.5, 0.6) is 0 Å². The number of nitrogens with two attached hydrogens (primary N) is 1. The van der Waals surface area contributed by atoms with Crippen molar-refractivity contribution in [1.29, 1.82) is 0 Å². The van der Waals surface area contributed by atoms with Crippen molar-refractivity contribution in [2.24, 2.45) is 5.73 Å². The van der Waals surface area contributed by atoms with Crippen molar-refractivity contribution in [2.75, 3.05) is 6.61 Å². The largest absolute Gasteiger partial charge is 0.394 e. The molecule has 0 saturated heterocycles. The van der Waals surface area contributed by atoms with Crippen LogP contribution in [0.15, 0.2) is 30.3 Å². The van der Waals surface area contributed by atoms with Gasteiger partial charge < -0.3 is 15.9 Å². The fourth-order valence-corrected chi connectivity index (χ4v) is 1.01. The summed E-state index contributed by atoms with van der Waals surface area (Å²) in [4.78, 5) is 0. The van der Waals surface area contributed by atoms with Crippen LogP contribution in [0.1, 0.15) is 11.6 Å². The minimum Gasteiger partial charge on any atom is -0.394 e. The SMILES string of the molecule is Cl.N[C@H](c1ccccc1)[C@H](O)CO. The van der Waals surface area contributed by atoms with E-state index in [2.05, 4.69) is 0 Å². The summed E-state index contributed by atoms with van der Waals surface area (Å²) in [6, 6.07) is 8.71.